The number of aromatic hydroxyl groups is 1. The molecule has 1 aromatic carbocycles. The summed E-state index contributed by atoms with van der Waals surface area (Å²) in [4.78, 5) is 10.8. The summed E-state index contributed by atoms with van der Waals surface area (Å²) in [6.45, 7) is 2.00. The number of hydrogen-bond acceptors (Lipinski definition) is 4. The summed E-state index contributed by atoms with van der Waals surface area (Å²) in [5, 5.41) is 8.86. The van der Waals surface area contributed by atoms with Gasteiger partial charge in [0.25, 0.3) is 0 Å². The highest BCUT2D eigenvalue weighted by atomic mass is 16.5. The van der Waals surface area contributed by atoms with Gasteiger partial charge in [-0.15, -0.1) is 0 Å². The van der Waals surface area contributed by atoms with Gasteiger partial charge in [0.1, 0.15) is 5.75 Å². The SMILES string of the molecule is C1CCOC1.COC(=O)c1ccc(O)cc1. The topological polar surface area (TPSA) is 55.8 Å². The van der Waals surface area contributed by atoms with Crippen LogP contribution in [0.3, 0.4) is 0 Å². The summed E-state index contributed by atoms with van der Waals surface area (Å²) in [7, 11) is 1.31. The summed E-state index contributed by atoms with van der Waals surface area (Å²) in [5.74, 6) is -0.261. The minimum absolute atomic E-state index is 0.137. The number of ether oxygens (including phenoxy) is 2. The van der Waals surface area contributed by atoms with Crippen molar-refractivity contribution in [3.8, 4) is 5.75 Å². The Balaban J connectivity index is 0.000000212. The fraction of sp³-hybridized carbons (Fsp3) is 0.417. The van der Waals surface area contributed by atoms with Crippen LogP contribution in [0.15, 0.2) is 24.3 Å². The van der Waals surface area contributed by atoms with Gasteiger partial charge in [-0.1, -0.05) is 0 Å². The molecule has 0 amide bonds. The van der Waals surface area contributed by atoms with Gasteiger partial charge < -0.3 is 14.6 Å². The zero-order valence-corrected chi connectivity index (χ0v) is 9.31. The summed E-state index contributed by atoms with van der Waals surface area (Å²) in [6.07, 6.45) is 2.56. The van der Waals surface area contributed by atoms with Crippen LogP contribution in [-0.2, 0) is 9.47 Å². The maximum Gasteiger partial charge on any atom is 0.337 e. The lowest BCUT2D eigenvalue weighted by atomic mass is 10.2. The molecule has 1 saturated heterocycles. The predicted octanol–water partition coefficient (Wildman–Crippen LogP) is 1.98. The molecule has 0 aromatic heterocycles. The fourth-order valence-electron chi connectivity index (χ4n) is 1.23. The number of hydrogen-bond donors (Lipinski definition) is 1. The fourth-order valence-corrected chi connectivity index (χ4v) is 1.23. The molecule has 4 nitrogen and oxygen atoms in total. The van der Waals surface area contributed by atoms with Crippen LogP contribution >= 0.6 is 0 Å². The van der Waals surface area contributed by atoms with Crippen molar-refractivity contribution < 1.29 is 19.4 Å². The lowest BCUT2D eigenvalue weighted by molar-refractivity contribution is 0.0600. The van der Waals surface area contributed by atoms with E-state index in [1.165, 1.54) is 44.2 Å². The minimum atomic E-state index is -0.398. The van der Waals surface area contributed by atoms with E-state index >= 15 is 0 Å². The number of carbonyl (C=O) groups is 1. The van der Waals surface area contributed by atoms with Crippen LogP contribution in [0.4, 0.5) is 0 Å². The van der Waals surface area contributed by atoms with Gasteiger partial charge in [0.05, 0.1) is 12.7 Å². The number of phenolic OH excluding ortho intramolecular Hbond substituents is 1. The summed E-state index contributed by atoms with van der Waals surface area (Å²) < 4.78 is 9.40. The van der Waals surface area contributed by atoms with Gasteiger partial charge in [-0.2, -0.15) is 0 Å². The van der Waals surface area contributed by atoms with E-state index < -0.39 is 5.97 Å². The molecule has 0 spiro atoms. The Kier molecular flexibility index (Phi) is 5.36. The quantitative estimate of drug-likeness (QED) is 0.741. The highest BCUT2D eigenvalue weighted by Gasteiger charge is 2.02. The van der Waals surface area contributed by atoms with E-state index in [0.717, 1.165) is 13.2 Å². The average molecular weight is 224 g/mol. The largest absolute Gasteiger partial charge is 0.508 e. The van der Waals surface area contributed by atoms with Crippen molar-refractivity contribution in [1.29, 1.82) is 0 Å². The third-order valence-corrected chi connectivity index (χ3v) is 2.12. The van der Waals surface area contributed by atoms with Gasteiger partial charge in [0, 0.05) is 13.2 Å². The molecule has 88 valence electrons. The highest BCUT2D eigenvalue weighted by Crippen LogP contribution is 2.09. The van der Waals surface area contributed by atoms with Crippen LogP contribution in [0.1, 0.15) is 23.2 Å². The normalized spacial score (nSPS) is 13.8. The average Bonchev–Trinajstić information content (AvgIpc) is 2.88. The maximum absolute atomic E-state index is 10.8. The van der Waals surface area contributed by atoms with Crippen molar-refractivity contribution in [2.24, 2.45) is 0 Å². The van der Waals surface area contributed by atoms with Crippen LogP contribution in [0.5, 0.6) is 5.75 Å². The van der Waals surface area contributed by atoms with E-state index in [-0.39, 0.29) is 5.75 Å². The van der Waals surface area contributed by atoms with Crippen molar-refractivity contribution in [3.63, 3.8) is 0 Å². The molecular weight excluding hydrogens is 208 g/mol. The zero-order valence-electron chi connectivity index (χ0n) is 9.31. The van der Waals surface area contributed by atoms with Crippen LogP contribution < -0.4 is 0 Å². The second kappa shape index (κ2) is 6.85. The van der Waals surface area contributed by atoms with Crippen molar-refractivity contribution in [3.05, 3.63) is 29.8 Å². The molecule has 0 aliphatic carbocycles. The molecule has 1 aliphatic heterocycles. The monoisotopic (exact) mass is 224 g/mol. The second-order valence-corrected chi connectivity index (χ2v) is 3.36. The number of phenols is 1. The Labute approximate surface area is 94.8 Å². The van der Waals surface area contributed by atoms with Crippen LogP contribution in [0, 0.1) is 0 Å². The molecule has 1 aliphatic rings. The van der Waals surface area contributed by atoms with E-state index in [9.17, 15) is 4.79 Å². The molecular formula is C12H16O4. The molecule has 0 radical (unpaired) electrons. The first-order valence-corrected chi connectivity index (χ1v) is 5.19. The van der Waals surface area contributed by atoms with Gasteiger partial charge in [-0.25, -0.2) is 4.79 Å². The number of benzene rings is 1. The first kappa shape index (κ1) is 12.5. The molecule has 0 unspecified atom stereocenters. The van der Waals surface area contributed by atoms with Crippen LogP contribution in [-0.4, -0.2) is 31.4 Å². The summed E-state index contributed by atoms with van der Waals surface area (Å²) in [5.41, 5.74) is 0.435. The first-order valence-electron chi connectivity index (χ1n) is 5.19. The minimum Gasteiger partial charge on any atom is -0.508 e. The molecule has 4 heteroatoms. The van der Waals surface area contributed by atoms with Crippen molar-refractivity contribution in [2.75, 3.05) is 20.3 Å². The summed E-state index contributed by atoms with van der Waals surface area (Å²) >= 11 is 0. The second-order valence-electron chi connectivity index (χ2n) is 3.36. The van der Waals surface area contributed by atoms with E-state index in [1.54, 1.807) is 0 Å². The lowest BCUT2D eigenvalue weighted by Gasteiger charge is -1.97. The number of methoxy groups -OCH3 is 1. The van der Waals surface area contributed by atoms with Gasteiger partial charge in [0.2, 0.25) is 0 Å². The Bertz CT molecular complexity index is 307. The molecule has 1 N–H and O–H groups in total. The molecule has 16 heavy (non-hydrogen) atoms. The van der Waals surface area contributed by atoms with E-state index in [2.05, 4.69) is 4.74 Å². The van der Waals surface area contributed by atoms with Gasteiger partial charge in [-0.05, 0) is 37.1 Å². The van der Waals surface area contributed by atoms with Crippen LogP contribution in [0.25, 0.3) is 0 Å². The van der Waals surface area contributed by atoms with Gasteiger partial charge in [0.15, 0.2) is 0 Å². The third kappa shape index (κ3) is 4.31. The smallest absolute Gasteiger partial charge is 0.337 e. The zero-order chi connectivity index (χ0) is 11.8. The standard InChI is InChI=1S/C8H8O3.C4H8O/c1-11-8(10)6-2-4-7(9)5-3-6;1-2-4-5-3-1/h2-5,9H,1H3;1-4H2. The van der Waals surface area contributed by atoms with Crippen LogP contribution in [0.2, 0.25) is 0 Å². The predicted molar refractivity (Wildman–Crippen MR) is 59.5 cm³/mol. The molecule has 1 aromatic rings. The van der Waals surface area contributed by atoms with E-state index in [4.69, 9.17) is 9.84 Å². The Morgan fingerprint density at radius 2 is 1.81 bits per heavy atom. The molecule has 1 heterocycles. The molecule has 0 atom stereocenters. The molecule has 1 fully saturated rings. The Morgan fingerprint density at radius 1 is 1.25 bits per heavy atom. The number of carbonyl (C=O) groups excluding carboxylic acids is 1. The number of rotatable bonds is 1. The van der Waals surface area contributed by atoms with E-state index in [1.807, 2.05) is 0 Å². The van der Waals surface area contributed by atoms with Gasteiger partial charge in [-0.3, -0.25) is 0 Å². The highest BCUT2D eigenvalue weighted by molar-refractivity contribution is 5.89. The Morgan fingerprint density at radius 3 is 2.19 bits per heavy atom. The first-order chi connectivity index (χ1) is 7.74. The van der Waals surface area contributed by atoms with Gasteiger partial charge >= 0.3 is 5.97 Å². The maximum atomic E-state index is 10.8. The molecule has 2 rings (SSSR count). The third-order valence-electron chi connectivity index (χ3n) is 2.12. The lowest BCUT2D eigenvalue weighted by Crippen LogP contribution is -1.99. The van der Waals surface area contributed by atoms with Crippen molar-refractivity contribution in [1.82, 2.24) is 0 Å². The molecule has 0 bridgehead atoms. The van der Waals surface area contributed by atoms with Crippen molar-refractivity contribution in [2.45, 2.75) is 12.8 Å². The van der Waals surface area contributed by atoms with Crippen molar-refractivity contribution >= 4 is 5.97 Å². The number of esters is 1. The van der Waals surface area contributed by atoms with E-state index in [0.29, 0.717) is 5.56 Å². The molecule has 0 saturated carbocycles. The summed E-state index contributed by atoms with van der Waals surface area (Å²) in [6, 6.07) is 5.88. The Hall–Kier alpha value is -1.55.